The molecule has 3 aliphatic rings. The number of amides is 14. The SMILES string of the molecule is CC[C@H](C)[C@H](NC(=O)[C@@H](N)Cc1cccnc1)C(=O)N[C@@H](CC(C)C)C(=O)N1CCC[C@H]1C(=O)N[C@H](Cc1ccccc1)C(=O)N[C@@H](CCCCN)C(=O)N[C@H](Cc1ccccc1)C(=O)N1CCC[C@H]1C(=O)N[C@H](Cc1ccccc1)C(=O)N[C@H](Cc1ccccc1)C(=O)N1CCC[C@H]1C(=O)N[C@H](Cc1ccccc1)C(=O)N[C@@H](CCCNC(=N)N)C(=O)N[C@@H](CCCNC(=N)N)C(N)=O. The molecule has 0 saturated carbocycles. The van der Waals surface area contributed by atoms with Gasteiger partial charge in [-0.15, -0.1) is 0 Å². The number of benzene rings is 5. The summed E-state index contributed by atoms with van der Waals surface area (Å²) in [5, 5.41) is 49.2. The molecule has 5 aromatic carbocycles. The van der Waals surface area contributed by atoms with Gasteiger partial charge >= 0.3 is 0 Å². The number of likely N-dealkylation sites (tertiary alicyclic amines) is 3. The maximum atomic E-state index is 15.7. The van der Waals surface area contributed by atoms with Crippen LogP contribution in [0.3, 0.4) is 0 Å². The number of nitrogens with two attached hydrogens (primary N) is 5. The first-order chi connectivity index (χ1) is 64.9. The van der Waals surface area contributed by atoms with Crippen molar-refractivity contribution in [1.29, 1.82) is 10.8 Å². The highest BCUT2D eigenvalue weighted by Crippen LogP contribution is 2.27. The summed E-state index contributed by atoms with van der Waals surface area (Å²) in [5.74, 6) is -11.0. The highest BCUT2D eigenvalue weighted by Gasteiger charge is 2.46. The molecule has 14 amide bonds. The van der Waals surface area contributed by atoms with E-state index in [-0.39, 0.29) is 159 Å². The lowest BCUT2D eigenvalue weighted by atomic mass is 9.96. The van der Waals surface area contributed by atoms with Crippen molar-refractivity contribution in [2.45, 2.75) is 247 Å². The van der Waals surface area contributed by atoms with Crippen LogP contribution in [-0.2, 0) is 106 Å². The molecule has 0 spiro atoms. The van der Waals surface area contributed by atoms with Crippen LogP contribution in [0.5, 0.6) is 0 Å². The van der Waals surface area contributed by atoms with Gasteiger partial charge in [0.05, 0.1) is 6.04 Å². The van der Waals surface area contributed by atoms with Gasteiger partial charge in [0.2, 0.25) is 82.7 Å². The smallest absolute Gasteiger partial charge is 0.246 e. The van der Waals surface area contributed by atoms with E-state index in [9.17, 15) is 28.8 Å². The standard InChI is InChI=1S/C98H135N23O14/c1-5-62(4)82(118-84(123)69(100)54-68-39-23-47-106-60-68)93(132)117-76(53-61(2)3)94(133)119-50-26-43-79(119)90(129)112-73(55-63-29-11-6-12-30-63)87(126)110-71(40-21-22-46-99)86(125)115-77(58-66-35-17-9-18-36-66)95(134)120-51-27-45-81(120)92(131)114-75(57-65-33-15-8-16-34-65)89(128)116-78(59-67-37-19-10-20-38-67)96(135)121-52-28-44-80(121)91(130)113-74(56-64-31-13-7-14-32-64)88(127)111-72(42-25-49-108-98(104)105)85(124)109-70(83(101)122)41-24-48-107-97(102)103/h6-20,23,29-39,47,60-62,69-82H,5,21-22,24-28,40-46,48-59,99-100H2,1-4H3,(H2,101,122)(H,109,124)(H,110,126)(H,111,127)(H,112,129)(H,113,130)(H,114,131)(H,115,125)(H,116,128)(H,117,132)(H,118,123)(H4,102,103,107)(H4,104,105,108)/t62-,69-,70-,71-,72-,73+,74+,75+,76-,77+,78+,79-,80-,81-,82-/m0/s1. The predicted octanol–water partition coefficient (Wildman–Crippen LogP) is 1.22. The molecule has 6 aromatic rings. The first kappa shape index (κ1) is 105. The van der Waals surface area contributed by atoms with Crippen LogP contribution in [-0.4, -0.2) is 238 Å². The molecule has 9 rings (SSSR count). The normalized spacial score (nSPS) is 17.2. The molecule has 0 aliphatic carbocycles. The third-order valence-corrected chi connectivity index (χ3v) is 24.5. The molecule has 24 N–H and O–H groups in total. The van der Waals surface area contributed by atoms with Crippen LogP contribution >= 0.6 is 0 Å². The minimum absolute atomic E-state index is 0.0208. The van der Waals surface area contributed by atoms with Crippen LogP contribution in [0.1, 0.15) is 157 Å². The van der Waals surface area contributed by atoms with E-state index in [1.54, 1.807) is 183 Å². The van der Waals surface area contributed by atoms with Crippen molar-refractivity contribution in [3.8, 4) is 0 Å². The Morgan fingerprint density at radius 1 is 0.378 bits per heavy atom. The van der Waals surface area contributed by atoms with Gasteiger partial charge < -0.3 is 107 Å². The molecule has 0 unspecified atom stereocenters. The van der Waals surface area contributed by atoms with Gasteiger partial charge in [-0.3, -0.25) is 82.9 Å². The first-order valence-electron chi connectivity index (χ1n) is 46.8. The zero-order valence-corrected chi connectivity index (χ0v) is 77.5. The molecule has 3 fully saturated rings. The van der Waals surface area contributed by atoms with Crippen molar-refractivity contribution in [3.05, 3.63) is 210 Å². The minimum atomic E-state index is -1.41. The van der Waals surface area contributed by atoms with E-state index in [0.29, 0.717) is 66.3 Å². The Morgan fingerprint density at radius 2 is 0.704 bits per heavy atom. The van der Waals surface area contributed by atoms with Crippen molar-refractivity contribution in [1.82, 2.24) is 83.5 Å². The lowest BCUT2D eigenvalue weighted by molar-refractivity contribution is -0.143. The highest BCUT2D eigenvalue weighted by atomic mass is 16.2. The number of rotatable bonds is 52. The second-order valence-electron chi connectivity index (χ2n) is 35.4. The van der Waals surface area contributed by atoms with E-state index >= 15 is 38.4 Å². The van der Waals surface area contributed by atoms with Gasteiger partial charge in [0.15, 0.2) is 11.9 Å². The number of guanidine groups is 2. The van der Waals surface area contributed by atoms with Crippen molar-refractivity contribution < 1.29 is 67.1 Å². The summed E-state index contributed by atoms with van der Waals surface area (Å²) in [6, 6.07) is 30.1. The Labute approximate surface area is 788 Å². The maximum absolute atomic E-state index is 15.7. The Balaban J connectivity index is 0.924. The fourth-order valence-corrected chi connectivity index (χ4v) is 17.1. The zero-order valence-electron chi connectivity index (χ0n) is 77.5. The number of aromatic nitrogens is 1. The maximum Gasteiger partial charge on any atom is 0.246 e. The Morgan fingerprint density at radius 3 is 1.04 bits per heavy atom. The molecule has 726 valence electrons. The van der Waals surface area contributed by atoms with Gasteiger partial charge in [0.25, 0.3) is 0 Å². The number of hydrogen-bond acceptors (Lipinski definition) is 19. The summed E-state index contributed by atoms with van der Waals surface area (Å²) in [6.07, 6.45) is 6.33. The summed E-state index contributed by atoms with van der Waals surface area (Å²) < 4.78 is 0. The molecule has 0 bridgehead atoms. The average molecular weight is 1860 g/mol. The molecule has 135 heavy (non-hydrogen) atoms. The quantitative estimate of drug-likeness (QED) is 0.0145. The van der Waals surface area contributed by atoms with Crippen LogP contribution in [0.4, 0.5) is 0 Å². The molecular weight excluding hydrogens is 1720 g/mol. The zero-order chi connectivity index (χ0) is 97.5. The lowest BCUT2D eigenvalue weighted by Gasteiger charge is -2.32. The Kier molecular flexibility index (Phi) is 41.9. The minimum Gasteiger partial charge on any atom is -0.370 e. The highest BCUT2D eigenvalue weighted by molar-refractivity contribution is 6.01. The summed E-state index contributed by atoms with van der Waals surface area (Å²) >= 11 is 0. The van der Waals surface area contributed by atoms with Gasteiger partial charge in [0, 0.05) is 77.2 Å². The van der Waals surface area contributed by atoms with Crippen molar-refractivity contribution >= 4 is 94.6 Å². The fraction of sp³-hybridized carbons (Fsp3) is 0.480. The van der Waals surface area contributed by atoms with Crippen molar-refractivity contribution in [2.75, 3.05) is 39.3 Å². The number of hydrogen-bond donors (Lipinski definition) is 19. The summed E-state index contributed by atoms with van der Waals surface area (Å²) in [7, 11) is 0. The Bertz CT molecular complexity index is 4940. The van der Waals surface area contributed by atoms with Gasteiger partial charge in [0.1, 0.15) is 78.5 Å². The molecule has 1 aromatic heterocycles. The number of pyridine rings is 1. The summed E-state index contributed by atoms with van der Waals surface area (Å²) in [5.41, 5.74) is 33.0. The number of primary amides is 1. The Hall–Kier alpha value is -13.7. The fourth-order valence-electron chi connectivity index (χ4n) is 17.1. The van der Waals surface area contributed by atoms with Gasteiger partial charge in [-0.2, -0.15) is 0 Å². The number of nitrogens with one attached hydrogen (secondary N) is 14. The summed E-state index contributed by atoms with van der Waals surface area (Å²) in [4.78, 5) is 216. The first-order valence-corrected chi connectivity index (χ1v) is 46.8. The van der Waals surface area contributed by atoms with E-state index in [4.69, 9.17) is 39.5 Å². The second kappa shape index (κ2) is 53.8. The van der Waals surface area contributed by atoms with E-state index in [1.807, 2.05) is 20.8 Å². The third-order valence-electron chi connectivity index (χ3n) is 24.5. The number of carbonyl (C=O) groups excluding carboxylic acids is 14. The predicted molar refractivity (Wildman–Crippen MR) is 509 cm³/mol. The lowest BCUT2D eigenvalue weighted by Crippen LogP contribution is -2.61. The molecule has 3 saturated heterocycles. The average Bonchev–Trinajstić information content (AvgIpc) is 1.72. The van der Waals surface area contributed by atoms with Crippen LogP contribution in [0.15, 0.2) is 176 Å². The third kappa shape index (κ3) is 33.2. The molecule has 15 atom stereocenters. The topological polar surface area (TPSA) is 584 Å². The number of carbonyl (C=O) groups is 14. The molecule has 37 heteroatoms. The molecule has 0 radical (unpaired) electrons. The van der Waals surface area contributed by atoms with Crippen LogP contribution in [0.25, 0.3) is 0 Å². The van der Waals surface area contributed by atoms with E-state index in [0.717, 1.165) is 5.56 Å². The monoisotopic (exact) mass is 1860 g/mol. The van der Waals surface area contributed by atoms with E-state index in [1.165, 1.54) is 14.7 Å². The summed E-state index contributed by atoms with van der Waals surface area (Å²) in [6.45, 7) is 8.23. The van der Waals surface area contributed by atoms with Crippen LogP contribution in [0.2, 0.25) is 0 Å². The molecule has 3 aliphatic heterocycles. The van der Waals surface area contributed by atoms with Crippen LogP contribution in [0, 0.1) is 22.7 Å². The van der Waals surface area contributed by atoms with Crippen molar-refractivity contribution in [2.24, 2.45) is 40.5 Å². The van der Waals surface area contributed by atoms with E-state index < -0.39 is 167 Å². The van der Waals surface area contributed by atoms with E-state index in [2.05, 4.69) is 68.8 Å². The largest absolute Gasteiger partial charge is 0.370 e. The second-order valence-corrected chi connectivity index (χ2v) is 35.4. The number of nitrogens with zero attached hydrogens (tertiary/aromatic N) is 4. The molecular formula is C98H135N23O14. The number of unbranched alkanes of at least 4 members (excludes halogenated alkanes) is 1. The molecule has 4 heterocycles. The molecule has 37 nitrogen and oxygen atoms in total. The van der Waals surface area contributed by atoms with Crippen molar-refractivity contribution in [3.63, 3.8) is 0 Å². The van der Waals surface area contributed by atoms with Gasteiger partial charge in [-0.05, 0) is 154 Å². The van der Waals surface area contributed by atoms with Gasteiger partial charge in [-0.25, -0.2) is 0 Å². The van der Waals surface area contributed by atoms with Crippen LogP contribution < -0.4 is 92.5 Å². The van der Waals surface area contributed by atoms with Gasteiger partial charge in [-0.1, -0.05) is 192 Å².